The summed E-state index contributed by atoms with van der Waals surface area (Å²) in [5.41, 5.74) is 1.03. The van der Waals surface area contributed by atoms with Crippen LogP contribution in [-0.2, 0) is 0 Å². The summed E-state index contributed by atoms with van der Waals surface area (Å²) < 4.78 is 0. The van der Waals surface area contributed by atoms with E-state index in [4.69, 9.17) is 5.41 Å². The fraction of sp³-hybridized carbons (Fsp3) is 0.917. The van der Waals surface area contributed by atoms with Gasteiger partial charge in [-0.3, -0.25) is 5.41 Å². The maximum atomic E-state index is 8.08. The molecule has 78 valence electrons. The second kappa shape index (κ2) is 2.53. The lowest BCUT2D eigenvalue weighted by atomic mass is 9.92. The molecule has 0 unspecified atom stereocenters. The summed E-state index contributed by atoms with van der Waals surface area (Å²) in [4.78, 5) is 2.46. The minimum absolute atomic E-state index is 0.449. The van der Waals surface area contributed by atoms with Crippen LogP contribution >= 0.6 is 0 Å². The standard InChI is InChI=1S/C12H20N2/c1-11(5-6-11)12(7-8-12)14-9-3-2-4-10(14)13/h13H,2-9H2,1H3. The second-order valence-electron chi connectivity index (χ2n) is 5.65. The van der Waals surface area contributed by atoms with Crippen LogP contribution in [0.2, 0.25) is 0 Å². The molecule has 14 heavy (non-hydrogen) atoms. The smallest absolute Gasteiger partial charge is 0.0962 e. The molecule has 0 aromatic heterocycles. The van der Waals surface area contributed by atoms with Crippen LogP contribution in [0.4, 0.5) is 0 Å². The number of nitrogens with zero attached hydrogens (tertiary/aromatic N) is 1. The van der Waals surface area contributed by atoms with Crippen LogP contribution in [0.3, 0.4) is 0 Å². The largest absolute Gasteiger partial charge is 0.354 e. The number of piperidine rings is 1. The van der Waals surface area contributed by atoms with Gasteiger partial charge in [0.1, 0.15) is 0 Å². The molecule has 1 aliphatic heterocycles. The molecule has 0 bridgehead atoms. The number of hydrogen-bond donors (Lipinski definition) is 1. The Bertz CT molecular complexity index is 274. The molecule has 3 rings (SSSR count). The van der Waals surface area contributed by atoms with E-state index in [2.05, 4.69) is 11.8 Å². The molecular formula is C12H20N2. The van der Waals surface area contributed by atoms with E-state index in [9.17, 15) is 0 Å². The first kappa shape index (κ1) is 8.75. The van der Waals surface area contributed by atoms with Gasteiger partial charge >= 0.3 is 0 Å². The maximum absolute atomic E-state index is 8.08. The van der Waals surface area contributed by atoms with Gasteiger partial charge in [0, 0.05) is 18.5 Å². The lowest BCUT2D eigenvalue weighted by Gasteiger charge is -2.41. The average molecular weight is 192 g/mol. The summed E-state index contributed by atoms with van der Waals surface area (Å²) in [7, 11) is 0. The third-order valence-electron chi connectivity index (χ3n) is 4.73. The summed E-state index contributed by atoms with van der Waals surface area (Å²) in [5.74, 6) is 0.932. The van der Waals surface area contributed by atoms with Crippen molar-refractivity contribution in [3.05, 3.63) is 0 Å². The molecule has 0 aromatic rings. The van der Waals surface area contributed by atoms with Crippen molar-refractivity contribution in [2.24, 2.45) is 5.41 Å². The van der Waals surface area contributed by atoms with E-state index < -0.39 is 0 Å². The highest BCUT2D eigenvalue weighted by Crippen LogP contribution is 2.66. The van der Waals surface area contributed by atoms with E-state index in [1.54, 1.807) is 0 Å². The summed E-state index contributed by atoms with van der Waals surface area (Å²) in [6.07, 6.45) is 9.07. The maximum Gasteiger partial charge on any atom is 0.0962 e. The Kier molecular flexibility index (Phi) is 1.58. The summed E-state index contributed by atoms with van der Waals surface area (Å²) in [5, 5.41) is 8.08. The van der Waals surface area contributed by atoms with E-state index in [0.29, 0.717) is 11.0 Å². The molecule has 2 heteroatoms. The molecule has 1 N–H and O–H groups in total. The molecule has 2 nitrogen and oxygen atoms in total. The number of hydrogen-bond acceptors (Lipinski definition) is 1. The topological polar surface area (TPSA) is 27.1 Å². The molecular weight excluding hydrogens is 172 g/mol. The van der Waals surface area contributed by atoms with Crippen LogP contribution in [0.1, 0.15) is 51.9 Å². The molecule has 1 heterocycles. The third-order valence-corrected chi connectivity index (χ3v) is 4.73. The van der Waals surface area contributed by atoms with Gasteiger partial charge < -0.3 is 4.90 Å². The van der Waals surface area contributed by atoms with Crippen LogP contribution in [0.5, 0.6) is 0 Å². The highest BCUT2D eigenvalue weighted by atomic mass is 15.3. The van der Waals surface area contributed by atoms with Gasteiger partial charge in [-0.25, -0.2) is 0 Å². The predicted molar refractivity (Wildman–Crippen MR) is 57.6 cm³/mol. The van der Waals surface area contributed by atoms with E-state index in [-0.39, 0.29) is 0 Å². The Morgan fingerprint density at radius 1 is 1.14 bits per heavy atom. The number of likely N-dealkylation sites (tertiary alicyclic amines) is 1. The minimum atomic E-state index is 0.449. The quantitative estimate of drug-likeness (QED) is 0.715. The van der Waals surface area contributed by atoms with E-state index in [1.807, 2.05) is 0 Å². The Labute approximate surface area is 86.2 Å². The zero-order chi connectivity index (χ0) is 9.81. The minimum Gasteiger partial charge on any atom is -0.354 e. The number of amidine groups is 1. The summed E-state index contributed by atoms with van der Waals surface area (Å²) >= 11 is 0. The first-order valence-corrected chi connectivity index (χ1v) is 6.03. The van der Waals surface area contributed by atoms with E-state index in [0.717, 1.165) is 18.8 Å². The van der Waals surface area contributed by atoms with Gasteiger partial charge in [-0.15, -0.1) is 0 Å². The molecule has 0 atom stereocenters. The normalized spacial score (nSPS) is 32.9. The zero-order valence-corrected chi connectivity index (χ0v) is 9.10. The SMILES string of the molecule is CC1(C2(N3CCCCC3=N)CC2)CC1. The van der Waals surface area contributed by atoms with Gasteiger partial charge in [-0.2, -0.15) is 0 Å². The molecule has 2 aliphatic carbocycles. The van der Waals surface area contributed by atoms with Crippen molar-refractivity contribution in [2.45, 2.75) is 57.4 Å². The van der Waals surface area contributed by atoms with Crippen molar-refractivity contribution < 1.29 is 0 Å². The lowest BCUT2D eigenvalue weighted by molar-refractivity contribution is 0.179. The van der Waals surface area contributed by atoms with Crippen molar-refractivity contribution >= 4 is 5.84 Å². The zero-order valence-electron chi connectivity index (χ0n) is 9.10. The summed E-state index contributed by atoms with van der Waals surface area (Å²) in [6, 6.07) is 0. The van der Waals surface area contributed by atoms with Gasteiger partial charge in [-0.05, 0) is 43.9 Å². The van der Waals surface area contributed by atoms with Crippen molar-refractivity contribution in [3.8, 4) is 0 Å². The monoisotopic (exact) mass is 192 g/mol. The van der Waals surface area contributed by atoms with E-state index in [1.165, 1.54) is 38.5 Å². The highest BCUT2D eigenvalue weighted by Gasteiger charge is 2.65. The van der Waals surface area contributed by atoms with E-state index >= 15 is 0 Å². The van der Waals surface area contributed by atoms with Crippen LogP contribution < -0.4 is 0 Å². The lowest BCUT2D eigenvalue weighted by Crippen LogP contribution is -2.48. The van der Waals surface area contributed by atoms with Gasteiger partial charge in [0.2, 0.25) is 0 Å². The van der Waals surface area contributed by atoms with Gasteiger partial charge in [0.05, 0.1) is 5.84 Å². The molecule has 0 radical (unpaired) electrons. The molecule has 0 spiro atoms. The van der Waals surface area contributed by atoms with Gasteiger partial charge in [0.25, 0.3) is 0 Å². The van der Waals surface area contributed by atoms with Gasteiger partial charge in [0.15, 0.2) is 0 Å². The molecule has 0 amide bonds. The second-order valence-corrected chi connectivity index (χ2v) is 5.65. The average Bonchev–Trinajstić information content (AvgIpc) is 3.01. The molecule has 2 saturated carbocycles. The molecule has 3 aliphatic rings. The Morgan fingerprint density at radius 3 is 2.36 bits per heavy atom. The predicted octanol–water partition coefficient (Wildman–Crippen LogP) is 2.78. The number of nitrogens with one attached hydrogen (secondary N) is 1. The third kappa shape index (κ3) is 0.999. The van der Waals surface area contributed by atoms with Crippen molar-refractivity contribution in [3.63, 3.8) is 0 Å². The Hall–Kier alpha value is -0.530. The van der Waals surface area contributed by atoms with Crippen LogP contribution in [-0.4, -0.2) is 22.8 Å². The molecule has 0 aromatic carbocycles. The van der Waals surface area contributed by atoms with Crippen LogP contribution in [0.25, 0.3) is 0 Å². The fourth-order valence-electron chi connectivity index (χ4n) is 3.28. The van der Waals surface area contributed by atoms with Crippen LogP contribution in [0, 0.1) is 10.8 Å². The summed E-state index contributed by atoms with van der Waals surface area (Å²) in [6.45, 7) is 3.59. The van der Waals surface area contributed by atoms with Crippen molar-refractivity contribution in [2.75, 3.05) is 6.54 Å². The number of rotatable bonds is 2. The van der Waals surface area contributed by atoms with Crippen molar-refractivity contribution in [1.29, 1.82) is 5.41 Å². The van der Waals surface area contributed by atoms with Crippen LogP contribution in [0.15, 0.2) is 0 Å². The fourth-order valence-corrected chi connectivity index (χ4v) is 3.28. The Morgan fingerprint density at radius 2 is 1.86 bits per heavy atom. The highest BCUT2D eigenvalue weighted by molar-refractivity contribution is 5.81. The first-order chi connectivity index (χ1) is 6.68. The molecule has 3 fully saturated rings. The first-order valence-electron chi connectivity index (χ1n) is 6.03. The Balaban J connectivity index is 1.83. The van der Waals surface area contributed by atoms with Crippen molar-refractivity contribution in [1.82, 2.24) is 4.90 Å². The molecule has 1 saturated heterocycles. The van der Waals surface area contributed by atoms with Gasteiger partial charge in [-0.1, -0.05) is 6.92 Å².